The summed E-state index contributed by atoms with van der Waals surface area (Å²) in [6, 6.07) is 4.76. The van der Waals surface area contributed by atoms with E-state index in [2.05, 4.69) is 4.90 Å². The highest BCUT2D eigenvalue weighted by Crippen LogP contribution is 2.45. The molecular weight excluding hydrogens is 537 g/mol. The number of rotatable bonds is 8. The van der Waals surface area contributed by atoms with E-state index in [4.69, 9.17) is 27.9 Å². The molecule has 0 radical (unpaired) electrons. The van der Waals surface area contributed by atoms with Gasteiger partial charge in [-0.1, -0.05) is 23.2 Å². The van der Waals surface area contributed by atoms with E-state index in [0.29, 0.717) is 48.9 Å². The molecule has 204 valence electrons. The molecule has 2 aliphatic heterocycles. The van der Waals surface area contributed by atoms with Crippen LogP contribution in [0, 0.1) is 17.6 Å². The Morgan fingerprint density at radius 2 is 1.68 bits per heavy atom. The van der Waals surface area contributed by atoms with Crippen LogP contribution < -0.4 is 4.74 Å². The van der Waals surface area contributed by atoms with Crippen molar-refractivity contribution >= 4 is 35.1 Å². The third-order valence-electron chi connectivity index (χ3n) is 7.81. The van der Waals surface area contributed by atoms with Crippen LogP contribution in [0.5, 0.6) is 5.75 Å². The van der Waals surface area contributed by atoms with Gasteiger partial charge < -0.3 is 14.7 Å². The van der Waals surface area contributed by atoms with E-state index in [-0.39, 0.29) is 22.4 Å². The molecule has 10 heteroatoms. The second kappa shape index (κ2) is 11.4. The summed E-state index contributed by atoms with van der Waals surface area (Å²) >= 11 is 12.0. The summed E-state index contributed by atoms with van der Waals surface area (Å²) in [7, 11) is 0. The molecule has 1 saturated carbocycles. The number of piperidine rings is 1. The molecule has 1 atom stereocenters. The van der Waals surface area contributed by atoms with Crippen molar-refractivity contribution in [1.82, 2.24) is 9.80 Å². The molecule has 6 nitrogen and oxygen atoms in total. The Balaban J connectivity index is 1.20. The molecule has 2 heterocycles. The van der Waals surface area contributed by atoms with E-state index in [9.17, 15) is 19.1 Å². The van der Waals surface area contributed by atoms with Gasteiger partial charge in [-0.05, 0) is 92.8 Å². The van der Waals surface area contributed by atoms with Gasteiger partial charge in [-0.2, -0.15) is 0 Å². The van der Waals surface area contributed by atoms with Crippen LogP contribution in [-0.2, 0) is 11.3 Å². The molecule has 5 rings (SSSR count). The first-order chi connectivity index (χ1) is 18.2. The molecule has 38 heavy (non-hydrogen) atoms. The van der Waals surface area contributed by atoms with E-state index < -0.39 is 29.6 Å². The highest BCUT2D eigenvalue weighted by molar-refractivity contribution is 6.35. The lowest BCUT2D eigenvalue weighted by Gasteiger charge is -2.32. The standard InChI is InChI=1S/C28H30Cl2F2N2O4/c29-21-12-22(30)24(32)10-18(21)14-33-8-5-16(6-9-33)15-38-26-13-23(31)20(11-19(26)17-3-4-17)27(35)34-7-1-2-25(34)28(36)37/h10-13,16-17,25H,1-9,14-15H2,(H,36,37). The predicted octanol–water partition coefficient (Wildman–Crippen LogP) is 6.13. The number of halogens is 4. The number of likely N-dealkylation sites (tertiary alicyclic amines) is 2. The predicted molar refractivity (Wildman–Crippen MR) is 140 cm³/mol. The van der Waals surface area contributed by atoms with Crippen LogP contribution >= 0.6 is 23.2 Å². The van der Waals surface area contributed by atoms with E-state index >= 15 is 4.39 Å². The molecule has 1 unspecified atom stereocenters. The Morgan fingerprint density at radius 1 is 0.947 bits per heavy atom. The van der Waals surface area contributed by atoms with Gasteiger partial charge in [0, 0.05) is 24.2 Å². The molecule has 0 aromatic heterocycles. The van der Waals surface area contributed by atoms with Crippen LogP contribution in [0.4, 0.5) is 8.78 Å². The topological polar surface area (TPSA) is 70.1 Å². The number of benzene rings is 2. The van der Waals surface area contributed by atoms with E-state index in [1.807, 2.05) is 0 Å². The maximum atomic E-state index is 15.1. The number of ether oxygens (including phenoxy) is 1. The molecule has 1 aliphatic carbocycles. The minimum Gasteiger partial charge on any atom is -0.493 e. The average molecular weight is 567 g/mol. The highest BCUT2D eigenvalue weighted by atomic mass is 35.5. The number of aliphatic carboxylic acids is 1. The molecule has 3 aliphatic rings. The van der Waals surface area contributed by atoms with Crippen molar-refractivity contribution < 1.29 is 28.2 Å². The van der Waals surface area contributed by atoms with Crippen molar-refractivity contribution in [2.45, 2.75) is 57.0 Å². The summed E-state index contributed by atoms with van der Waals surface area (Å²) in [5, 5.41) is 9.88. The Morgan fingerprint density at radius 3 is 2.37 bits per heavy atom. The average Bonchev–Trinajstić information content (AvgIpc) is 3.61. The van der Waals surface area contributed by atoms with Gasteiger partial charge in [0.25, 0.3) is 5.91 Å². The number of hydrogen-bond donors (Lipinski definition) is 1. The number of nitrogens with zero attached hydrogens (tertiary/aromatic N) is 2. The molecule has 1 amide bonds. The number of hydrogen-bond acceptors (Lipinski definition) is 4. The number of amides is 1. The summed E-state index contributed by atoms with van der Waals surface area (Å²) in [6.45, 7) is 2.87. The van der Waals surface area contributed by atoms with Gasteiger partial charge in [-0.25, -0.2) is 13.6 Å². The van der Waals surface area contributed by atoms with Crippen LogP contribution in [-0.4, -0.2) is 59.1 Å². The van der Waals surface area contributed by atoms with Crippen LogP contribution in [0.15, 0.2) is 24.3 Å². The Kier molecular flexibility index (Phi) is 8.12. The van der Waals surface area contributed by atoms with Gasteiger partial charge in [0.2, 0.25) is 0 Å². The van der Waals surface area contributed by atoms with Crippen molar-refractivity contribution in [2.75, 3.05) is 26.2 Å². The van der Waals surface area contributed by atoms with Crippen molar-refractivity contribution in [2.24, 2.45) is 5.92 Å². The Labute approximate surface area is 230 Å². The number of carboxylic acid groups (broad SMARTS) is 1. The van der Waals surface area contributed by atoms with Crippen LogP contribution in [0.1, 0.15) is 65.9 Å². The fourth-order valence-electron chi connectivity index (χ4n) is 5.44. The monoisotopic (exact) mass is 566 g/mol. The molecule has 2 aromatic rings. The largest absolute Gasteiger partial charge is 0.493 e. The second-order valence-electron chi connectivity index (χ2n) is 10.5. The zero-order valence-corrected chi connectivity index (χ0v) is 22.4. The number of carbonyl (C=O) groups excluding carboxylic acids is 1. The van der Waals surface area contributed by atoms with Crippen molar-refractivity contribution in [3.05, 3.63) is 62.6 Å². The second-order valence-corrected chi connectivity index (χ2v) is 11.3. The Hall–Kier alpha value is -2.42. The van der Waals surface area contributed by atoms with Gasteiger partial charge in [0.05, 0.1) is 17.2 Å². The lowest BCUT2D eigenvalue weighted by molar-refractivity contribution is -0.141. The van der Waals surface area contributed by atoms with Crippen LogP contribution in [0.25, 0.3) is 0 Å². The van der Waals surface area contributed by atoms with Crippen molar-refractivity contribution in [1.29, 1.82) is 0 Å². The molecule has 2 saturated heterocycles. The quantitative estimate of drug-likeness (QED) is 0.389. The fourth-order valence-corrected chi connectivity index (χ4v) is 5.88. The maximum absolute atomic E-state index is 15.1. The molecule has 1 N–H and O–H groups in total. The minimum atomic E-state index is -1.06. The summed E-state index contributed by atoms with van der Waals surface area (Å²) in [4.78, 5) is 28.1. The molecule has 0 bridgehead atoms. The van der Waals surface area contributed by atoms with E-state index in [1.165, 1.54) is 23.1 Å². The number of carbonyl (C=O) groups is 2. The summed E-state index contributed by atoms with van der Waals surface area (Å²) < 4.78 is 35.1. The zero-order valence-electron chi connectivity index (χ0n) is 20.9. The molecular formula is C28H30Cl2F2N2O4. The van der Waals surface area contributed by atoms with Crippen LogP contribution in [0.3, 0.4) is 0 Å². The highest BCUT2D eigenvalue weighted by Gasteiger charge is 2.37. The van der Waals surface area contributed by atoms with Crippen LogP contribution in [0.2, 0.25) is 10.0 Å². The van der Waals surface area contributed by atoms with Gasteiger partial charge in [0.1, 0.15) is 23.4 Å². The molecule has 0 spiro atoms. The summed E-state index contributed by atoms with van der Waals surface area (Å²) in [5.41, 5.74) is 1.43. The molecule has 2 aromatic carbocycles. The van der Waals surface area contributed by atoms with Gasteiger partial charge in [-0.3, -0.25) is 9.69 Å². The zero-order chi connectivity index (χ0) is 27.0. The first-order valence-corrected chi connectivity index (χ1v) is 13.8. The SMILES string of the molecule is O=C(O)C1CCCN1C(=O)c1cc(C2CC2)c(OCC2CCN(Cc3cc(F)c(Cl)cc3Cl)CC2)cc1F. The fraction of sp³-hybridized carbons (Fsp3) is 0.500. The summed E-state index contributed by atoms with van der Waals surface area (Å²) in [6.07, 6.45) is 4.60. The smallest absolute Gasteiger partial charge is 0.326 e. The third-order valence-corrected chi connectivity index (χ3v) is 8.45. The first-order valence-electron chi connectivity index (χ1n) is 13.1. The lowest BCUT2D eigenvalue weighted by Crippen LogP contribution is -2.40. The van der Waals surface area contributed by atoms with Gasteiger partial charge in [-0.15, -0.1) is 0 Å². The Bertz CT molecular complexity index is 1230. The minimum absolute atomic E-state index is 0.00881. The normalized spacial score (nSPS) is 20.6. The first kappa shape index (κ1) is 27.2. The lowest BCUT2D eigenvalue weighted by atomic mass is 9.97. The number of carboxylic acids is 1. The third kappa shape index (κ3) is 5.92. The maximum Gasteiger partial charge on any atom is 0.326 e. The molecule has 3 fully saturated rings. The van der Waals surface area contributed by atoms with Gasteiger partial charge >= 0.3 is 5.97 Å². The van der Waals surface area contributed by atoms with Crippen molar-refractivity contribution in [3.8, 4) is 5.75 Å². The summed E-state index contributed by atoms with van der Waals surface area (Å²) in [5.74, 6) is -1.85. The van der Waals surface area contributed by atoms with Crippen molar-refractivity contribution in [3.63, 3.8) is 0 Å². The van der Waals surface area contributed by atoms with E-state index in [0.717, 1.165) is 44.3 Å². The van der Waals surface area contributed by atoms with Gasteiger partial charge in [0.15, 0.2) is 0 Å². The van der Waals surface area contributed by atoms with E-state index in [1.54, 1.807) is 6.07 Å².